The van der Waals surface area contributed by atoms with Crippen LogP contribution in [0.4, 0.5) is 15.0 Å². The van der Waals surface area contributed by atoms with Gasteiger partial charge in [0.25, 0.3) is 0 Å². The number of ether oxygens (including phenoxy) is 2. The Morgan fingerprint density at radius 2 is 1.62 bits per heavy atom. The summed E-state index contributed by atoms with van der Waals surface area (Å²) < 4.78 is 42.7. The summed E-state index contributed by atoms with van der Waals surface area (Å²) in [5.74, 6) is 0.0533. The molecule has 2 aromatic heterocycles. The summed E-state index contributed by atoms with van der Waals surface area (Å²) in [6.07, 6.45) is 5.69. The standard InChI is InChI=1S/C52H60BFN6O5/c1-31-18-19-33-13-10-16-39(40(33)23-31)45-44(54)46-42(27-55-45)47(57-48(56-46)62-30-38-15-12-22-58(38)9)59-28-36-20-21-37(29-59)60(36)49(61)63-50(3,4)26-35-25-34-14-11-17-43(41(34)24-32(35)2)53-64-51(5,6)52(7,8)65-53/h10-11,13-14,16-19,23-25,27,36-38H,12,15,20-22,26,28-30H2,1-9H3/t36?,37?,38-/m0/s1. The van der Waals surface area contributed by atoms with Gasteiger partial charge in [-0.1, -0.05) is 72.3 Å². The summed E-state index contributed by atoms with van der Waals surface area (Å²) in [7, 11) is 1.63. The fourth-order valence-electron chi connectivity index (χ4n) is 10.5. The van der Waals surface area contributed by atoms with Crippen LogP contribution in [0.25, 0.3) is 43.7 Å². The van der Waals surface area contributed by atoms with Crippen molar-refractivity contribution in [2.24, 2.45) is 0 Å². The molecule has 4 aromatic carbocycles. The summed E-state index contributed by atoms with van der Waals surface area (Å²) in [4.78, 5) is 35.1. The minimum absolute atomic E-state index is 0.120. The fourth-order valence-corrected chi connectivity index (χ4v) is 10.5. The molecular weight excluding hydrogens is 818 g/mol. The van der Waals surface area contributed by atoms with Gasteiger partial charge >= 0.3 is 19.2 Å². The molecule has 65 heavy (non-hydrogen) atoms. The van der Waals surface area contributed by atoms with Gasteiger partial charge in [0, 0.05) is 37.3 Å². The molecule has 0 spiro atoms. The third kappa shape index (κ3) is 7.97. The van der Waals surface area contributed by atoms with E-state index in [1.165, 1.54) is 0 Å². The number of carbonyl (C=O) groups excluding carboxylic acids is 1. The predicted octanol–water partition coefficient (Wildman–Crippen LogP) is 9.34. The van der Waals surface area contributed by atoms with Crippen molar-refractivity contribution >= 4 is 56.9 Å². The first-order valence-electron chi connectivity index (χ1n) is 23.3. The van der Waals surface area contributed by atoms with E-state index >= 15 is 4.39 Å². The smallest absolute Gasteiger partial charge is 0.462 e. The molecule has 0 aliphatic carbocycles. The highest BCUT2D eigenvalue weighted by molar-refractivity contribution is 6.65. The number of nitrogens with zero attached hydrogens (tertiary/aromatic N) is 6. The van der Waals surface area contributed by atoms with Gasteiger partial charge in [-0.15, -0.1) is 0 Å². The number of hydrogen-bond acceptors (Lipinski definition) is 10. The molecule has 6 heterocycles. The molecule has 0 radical (unpaired) electrons. The van der Waals surface area contributed by atoms with Gasteiger partial charge in [-0.2, -0.15) is 9.97 Å². The average Bonchev–Trinajstić information content (AvgIpc) is 3.86. The van der Waals surface area contributed by atoms with E-state index in [9.17, 15) is 4.79 Å². The number of hydrogen-bond donors (Lipinski definition) is 0. The molecule has 4 fully saturated rings. The number of piperazine rings is 1. The van der Waals surface area contributed by atoms with Crippen molar-refractivity contribution in [1.82, 2.24) is 24.8 Å². The number of pyridine rings is 1. The van der Waals surface area contributed by atoms with Crippen LogP contribution in [0.1, 0.15) is 83.9 Å². The molecule has 10 rings (SSSR count). The summed E-state index contributed by atoms with van der Waals surface area (Å²) in [5, 5.41) is 4.62. The predicted molar refractivity (Wildman–Crippen MR) is 256 cm³/mol. The monoisotopic (exact) mass is 878 g/mol. The maximum absolute atomic E-state index is 17.1. The maximum atomic E-state index is 17.1. The number of aromatic nitrogens is 3. The quantitative estimate of drug-likeness (QED) is 0.131. The zero-order valence-electron chi connectivity index (χ0n) is 39.2. The van der Waals surface area contributed by atoms with Gasteiger partial charge in [0.2, 0.25) is 0 Å². The van der Waals surface area contributed by atoms with Crippen LogP contribution in [-0.2, 0) is 20.5 Å². The van der Waals surface area contributed by atoms with Crippen LogP contribution in [-0.4, -0.2) is 106 Å². The molecule has 2 unspecified atom stereocenters. The minimum atomic E-state index is -0.790. The largest absolute Gasteiger partial charge is 0.495 e. The summed E-state index contributed by atoms with van der Waals surface area (Å²) in [6, 6.07) is 22.8. The van der Waals surface area contributed by atoms with E-state index in [1.54, 1.807) is 6.20 Å². The molecule has 13 heteroatoms. The van der Waals surface area contributed by atoms with Crippen molar-refractivity contribution < 1.29 is 28.0 Å². The molecule has 6 aromatic rings. The number of benzene rings is 4. The zero-order valence-corrected chi connectivity index (χ0v) is 39.2. The molecule has 338 valence electrons. The van der Waals surface area contributed by atoms with Crippen molar-refractivity contribution in [3.63, 3.8) is 0 Å². The average molecular weight is 879 g/mol. The second kappa shape index (κ2) is 16.2. The molecule has 0 N–H and O–H groups in total. The van der Waals surface area contributed by atoms with E-state index in [4.69, 9.17) is 33.7 Å². The maximum Gasteiger partial charge on any atom is 0.495 e. The molecule has 11 nitrogen and oxygen atoms in total. The first-order valence-corrected chi connectivity index (χ1v) is 23.3. The van der Waals surface area contributed by atoms with E-state index in [0.29, 0.717) is 42.9 Å². The number of anilines is 1. The molecule has 4 aliphatic heterocycles. The zero-order chi connectivity index (χ0) is 45.6. The summed E-state index contributed by atoms with van der Waals surface area (Å²) >= 11 is 0. The molecule has 1 amide bonds. The Morgan fingerprint density at radius 1 is 0.892 bits per heavy atom. The lowest BCUT2D eigenvalue weighted by atomic mass is 9.75. The Balaban J connectivity index is 0.898. The molecule has 0 saturated carbocycles. The van der Waals surface area contributed by atoms with Crippen LogP contribution in [0.15, 0.2) is 72.9 Å². The van der Waals surface area contributed by atoms with Crippen LogP contribution in [0.3, 0.4) is 0 Å². The Kier molecular flexibility index (Phi) is 10.9. The third-order valence-corrected chi connectivity index (χ3v) is 14.9. The van der Waals surface area contributed by atoms with E-state index in [2.05, 4.69) is 93.9 Å². The lowest BCUT2D eigenvalue weighted by Crippen LogP contribution is -2.57. The molecule has 2 bridgehead atoms. The highest BCUT2D eigenvalue weighted by Gasteiger charge is 2.52. The summed E-state index contributed by atoms with van der Waals surface area (Å²) in [6.45, 7) is 18.8. The van der Waals surface area contributed by atoms with Gasteiger partial charge in [-0.25, -0.2) is 9.18 Å². The van der Waals surface area contributed by atoms with Crippen LogP contribution in [0, 0.1) is 19.7 Å². The second-order valence-corrected chi connectivity index (χ2v) is 20.6. The van der Waals surface area contributed by atoms with Crippen molar-refractivity contribution in [1.29, 1.82) is 0 Å². The van der Waals surface area contributed by atoms with Gasteiger partial charge < -0.3 is 28.6 Å². The first kappa shape index (κ1) is 43.5. The molecular formula is C52H60BFN6O5. The Hall–Kier alpha value is -5.37. The molecule has 3 atom stereocenters. The SMILES string of the molecule is Cc1ccc2cccc(-c3ncc4c(N5CC6CCC(C5)N6C(=O)OC(C)(C)Cc5cc6cccc(B7OC(C)(C)C(C)(C)O7)c6cc5C)nc(OC[C@@H]5CCCN5C)nc4c3F)c2c1. The molecule has 4 saturated heterocycles. The van der Waals surface area contributed by atoms with Gasteiger partial charge in [-0.05, 0) is 133 Å². The highest BCUT2D eigenvalue weighted by atomic mass is 19.1. The van der Waals surface area contributed by atoms with Crippen molar-refractivity contribution in [3.05, 3.63) is 95.4 Å². The Bertz CT molecular complexity index is 2820. The third-order valence-electron chi connectivity index (χ3n) is 14.9. The number of likely N-dealkylation sites (tertiary alicyclic amines) is 1. The normalized spacial score (nSPS) is 21.9. The number of aryl methyl sites for hydroxylation is 2. The first-order chi connectivity index (χ1) is 30.9. The Morgan fingerprint density at radius 3 is 2.34 bits per heavy atom. The van der Waals surface area contributed by atoms with Crippen molar-refractivity contribution in [2.45, 2.75) is 122 Å². The van der Waals surface area contributed by atoms with Crippen LogP contribution in [0.5, 0.6) is 6.01 Å². The number of amides is 1. The van der Waals surface area contributed by atoms with Crippen LogP contribution < -0.4 is 15.1 Å². The van der Waals surface area contributed by atoms with Crippen molar-refractivity contribution in [3.8, 4) is 17.3 Å². The second-order valence-electron chi connectivity index (χ2n) is 20.6. The van der Waals surface area contributed by atoms with E-state index in [1.807, 2.05) is 49.9 Å². The topological polar surface area (TPSA) is 102 Å². The lowest BCUT2D eigenvalue weighted by Gasteiger charge is -2.42. The van der Waals surface area contributed by atoms with Crippen LogP contribution in [0.2, 0.25) is 0 Å². The van der Waals surface area contributed by atoms with Crippen LogP contribution >= 0.6 is 0 Å². The van der Waals surface area contributed by atoms with Gasteiger partial charge in [0.15, 0.2) is 5.82 Å². The number of fused-ring (bicyclic) bond motifs is 5. The van der Waals surface area contributed by atoms with E-state index in [0.717, 1.165) is 75.9 Å². The highest BCUT2D eigenvalue weighted by Crippen LogP contribution is 2.40. The number of likely N-dealkylation sites (N-methyl/N-ethyl adjacent to an activating group) is 1. The van der Waals surface area contributed by atoms with Crippen molar-refractivity contribution in [2.75, 3.05) is 38.2 Å². The number of carbonyl (C=O) groups is 1. The van der Waals surface area contributed by atoms with E-state index < -0.39 is 29.7 Å². The van der Waals surface area contributed by atoms with Gasteiger partial charge in [0.1, 0.15) is 29.2 Å². The van der Waals surface area contributed by atoms with E-state index in [-0.39, 0.29) is 41.4 Å². The van der Waals surface area contributed by atoms with Gasteiger partial charge in [0.05, 0.1) is 28.7 Å². The number of halogens is 1. The fraction of sp³-hybridized carbons (Fsp3) is 0.462. The molecule has 4 aliphatic rings. The lowest BCUT2D eigenvalue weighted by molar-refractivity contribution is 0.00236. The Labute approximate surface area is 381 Å². The number of rotatable bonds is 9. The minimum Gasteiger partial charge on any atom is -0.462 e. The van der Waals surface area contributed by atoms with Gasteiger partial charge in [-0.3, -0.25) is 9.88 Å². The summed E-state index contributed by atoms with van der Waals surface area (Å²) in [5.41, 5.74) is 3.75.